The van der Waals surface area contributed by atoms with Crippen molar-refractivity contribution in [3.05, 3.63) is 23.8 Å². The Kier molecular flexibility index (Phi) is 2.51. The van der Waals surface area contributed by atoms with Crippen molar-refractivity contribution < 1.29 is 24.9 Å². The summed E-state index contributed by atoms with van der Waals surface area (Å²) >= 11 is 0. The van der Waals surface area contributed by atoms with Crippen molar-refractivity contribution in [2.24, 2.45) is 0 Å². The topological polar surface area (TPSA) is 87.0 Å². The smallest absolute Gasteiger partial charge is 0.335 e. The molecule has 0 aromatic carbocycles. The van der Waals surface area contributed by atoms with Crippen molar-refractivity contribution in [2.75, 3.05) is 7.11 Å². The molecule has 1 atom stereocenters. The Morgan fingerprint density at radius 1 is 1.62 bits per heavy atom. The van der Waals surface area contributed by atoms with E-state index >= 15 is 0 Å². The van der Waals surface area contributed by atoms with Gasteiger partial charge in [0.25, 0.3) is 0 Å². The van der Waals surface area contributed by atoms with Crippen LogP contribution in [0.3, 0.4) is 0 Å². The van der Waals surface area contributed by atoms with Crippen LogP contribution in [0.5, 0.6) is 0 Å². The molecule has 0 aliphatic heterocycles. The molecule has 0 saturated heterocycles. The van der Waals surface area contributed by atoms with Crippen LogP contribution in [0.2, 0.25) is 0 Å². The molecule has 0 spiro atoms. The third-order valence-electron chi connectivity index (χ3n) is 1.76. The van der Waals surface area contributed by atoms with E-state index in [1.165, 1.54) is 7.11 Å². The number of rotatable bonds is 2. The Morgan fingerprint density at radius 2 is 2.23 bits per heavy atom. The maximum absolute atomic E-state index is 10.5. The Morgan fingerprint density at radius 3 is 2.69 bits per heavy atom. The predicted octanol–water partition coefficient (Wildman–Crippen LogP) is -0.737. The van der Waals surface area contributed by atoms with Gasteiger partial charge in [-0.2, -0.15) is 0 Å². The van der Waals surface area contributed by atoms with Gasteiger partial charge in [0.1, 0.15) is 6.10 Å². The molecule has 0 fully saturated rings. The third-order valence-corrected chi connectivity index (χ3v) is 1.76. The molecule has 5 heteroatoms. The zero-order valence-electron chi connectivity index (χ0n) is 6.97. The molecule has 1 rings (SSSR count). The SMILES string of the molecule is COC1C=C(C(=O)O)C=CC1(O)O. The highest BCUT2D eigenvalue weighted by Crippen LogP contribution is 2.21. The molecule has 0 heterocycles. The lowest BCUT2D eigenvalue weighted by atomic mass is 9.99. The number of hydrogen-bond acceptors (Lipinski definition) is 4. The lowest BCUT2D eigenvalue weighted by Crippen LogP contribution is -2.42. The van der Waals surface area contributed by atoms with Crippen LogP contribution in [0.25, 0.3) is 0 Å². The maximum atomic E-state index is 10.5. The highest BCUT2D eigenvalue weighted by molar-refractivity contribution is 5.90. The van der Waals surface area contributed by atoms with Gasteiger partial charge in [0.2, 0.25) is 5.79 Å². The summed E-state index contributed by atoms with van der Waals surface area (Å²) in [6.45, 7) is 0. The van der Waals surface area contributed by atoms with E-state index in [-0.39, 0.29) is 5.57 Å². The van der Waals surface area contributed by atoms with Crippen molar-refractivity contribution in [1.82, 2.24) is 0 Å². The molecule has 3 N–H and O–H groups in total. The van der Waals surface area contributed by atoms with Gasteiger partial charge in [-0.1, -0.05) is 0 Å². The van der Waals surface area contributed by atoms with Crippen LogP contribution in [-0.4, -0.2) is 40.3 Å². The molecule has 0 saturated carbocycles. The standard InChI is InChI=1S/C8H10O5/c1-13-6-4-5(7(9)10)2-3-8(6,11)12/h2-4,6,11-12H,1H3,(H,9,10). The average molecular weight is 186 g/mol. The Balaban J connectivity index is 2.93. The summed E-state index contributed by atoms with van der Waals surface area (Å²) in [7, 11) is 1.26. The van der Waals surface area contributed by atoms with E-state index in [0.29, 0.717) is 0 Å². The van der Waals surface area contributed by atoms with Crippen LogP contribution in [-0.2, 0) is 9.53 Å². The van der Waals surface area contributed by atoms with Gasteiger partial charge in [-0.25, -0.2) is 4.79 Å². The van der Waals surface area contributed by atoms with E-state index in [9.17, 15) is 15.0 Å². The van der Waals surface area contributed by atoms with Crippen LogP contribution in [0, 0.1) is 0 Å². The molecule has 1 unspecified atom stereocenters. The van der Waals surface area contributed by atoms with Gasteiger partial charge in [0.05, 0.1) is 5.57 Å². The lowest BCUT2D eigenvalue weighted by molar-refractivity contribution is -0.183. The first-order valence-electron chi connectivity index (χ1n) is 3.59. The van der Waals surface area contributed by atoms with Crippen molar-refractivity contribution in [3.8, 4) is 0 Å². The van der Waals surface area contributed by atoms with E-state index in [4.69, 9.17) is 9.84 Å². The number of hydrogen-bond donors (Lipinski definition) is 3. The summed E-state index contributed by atoms with van der Waals surface area (Å²) in [5, 5.41) is 27.1. The first kappa shape index (κ1) is 9.91. The molecule has 0 bridgehead atoms. The van der Waals surface area contributed by atoms with E-state index < -0.39 is 17.9 Å². The fraction of sp³-hybridized carbons (Fsp3) is 0.375. The molecule has 0 aromatic heterocycles. The Labute approximate surface area is 74.6 Å². The van der Waals surface area contributed by atoms with Crippen molar-refractivity contribution in [3.63, 3.8) is 0 Å². The monoisotopic (exact) mass is 186 g/mol. The Hall–Kier alpha value is -1.17. The minimum atomic E-state index is -2.13. The highest BCUT2D eigenvalue weighted by atomic mass is 16.6. The number of carbonyl (C=O) groups is 1. The Bertz CT molecular complexity index is 276. The summed E-state index contributed by atoms with van der Waals surface area (Å²) in [5.41, 5.74) is -0.0226. The second-order valence-electron chi connectivity index (χ2n) is 2.70. The van der Waals surface area contributed by atoms with Crippen LogP contribution in [0.1, 0.15) is 0 Å². The number of aliphatic hydroxyl groups is 2. The van der Waals surface area contributed by atoms with E-state index in [1.807, 2.05) is 0 Å². The summed E-state index contributed by atoms with van der Waals surface area (Å²) in [5.74, 6) is -3.26. The van der Waals surface area contributed by atoms with Crippen molar-refractivity contribution in [2.45, 2.75) is 11.9 Å². The number of aliphatic carboxylic acids is 1. The first-order chi connectivity index (χ1) is 5.97. The minimum Gasteiger partial charge on any atom is -0.478 e. The molecule has 0 radical (unpaired) electrons. The lowest BCUT2D eigenvalue weighted by Gasteiger charge is -2.27. The first-order valence-corrected chi connectivity index (χ1v) is 3.59. The summed E-state index contributed by atoms with van der Waals surface area (Å²) in [6, 6.07) is 0. The second-order valence-corrected chi connectivity index (χ2v) is 2.70. The van der Waals surface area contributed by atoms with Gasteiger partial charge in [-0.3, -0.25) is 0 Å². The van der Waals surface area contributed by atoms with Crippen LogP contribution >= 0.6 is 0 Å². The average Bonchev–Trinajstić information content (AvgIpc) is 2.03. The molecule has 5 nitrogen and oxygen atoms in total. The van der Waals surface area contributed by atoms with Crippen molar-refractivity contribution in [1.29, 1.82) is 0 Å². The quantitative estimate of drug-likeness (QED) is 0.494. The summed E-state index contributed by atoms with van der Waals surface area (Å²) in [6.07, 6.45) is 2.19. The van der Waals surface area contributed by atoms with Gasteiger partial charge in [-0.05, 0) is 18.2 Å². The van der Waals surface area contributed by atoms with Crippen LogP contribution in [0.15, 0.2) is 23.8 Å². The number of ether oxygens (including phenoxy) is 1. The maximum Gasteiger partial charge on any atom is 0.335 e. The van der Waals surface area contributed by atoms with E-state index in [2.05, 4.69) is 0 Å². The van der Waals surface area contributed by atoms with Crippen molar-refractivity contribution >= 4 is 5.97 Å². The molecule has 1 aliphatic carbocycles. The number of carboxylic acids is 1. The zero-order valence-corrected chi connectivity index (χ0v) is 6.97. The van der Waals surface area contributed by atoms with Gasteiger partial charge >= 0.3 is 5.97 Å². The molecule has 13 heavy (non-hydrogen) atoms. The fourth-order valence-corrected chi connectivity index (χ4v) is 1.03. The molecule has 72 valence electrons. The molecular formula is C8H10O5. The molecular weight excluding hydrogens is 176 g/mol. The van der Waals surface area contributed by atoms with Gasteiger partial charge in [-0.15, -0.1) is 0 Å². The van der Waals surface area contributed by atoms with Gasteiger partial charge < -0.3 is 20.1 Å². The van der Waals surface area contributed by atoms with E-state index in [0.717, 1.165) is 18.2 Å². The predicted molar refractivity (Wildman–Crippen MR) is 42.8 cm³/mol. The summed E-state index contributed by atoms with van der Waals surface area (Å²) in [4.78, 5) is 10.5. The zero-order chi connectivity index (χ0) is 10.1. The number of methoxy groups -OCH3 is 1. The molecule has 0 amide bonds. The van der Waals surface area contributed by atoms with E-state index in [1.54, 1.807) is 0 Å². The van der Waals surface area contributed by atoms with Gasteiger partial charge in [0.15, 0.2) is 0 Å². The number of carboxylic acid groups (broad SMARTS) is 1. The largest absolute Gasteiger partial charge is 0.478 e. The molecule has 1 aliphatic rings. The van der Waals surface area contributed by atoms with Crippen LogP contribution < -0.4 is 0 Å². The third kappa shape index (κ3) is 1.95. The van der Waals surface area contributed by atoms with Gasteiger partial charge in [0, 0.05) is 7.11 Å². The van der Waals surface area contributed by atoms with Crippen LogP contribution in [0.4, 0.5) is 0 Å². The molecule has 0 aromatic rings. The minimum absolute atomic E-state index is 0.0226. The normalized spacial score (nSPS) is 25.5. The highest BCUT2D eigenvalue weighted by Gasteiger charge is 2.34. The second kappa shape index (κ2) is 3.29. The summed E-state index contributed by atoms with van der Waals surface area (Å²) < 4.78 is 4.70. The fourth-order valence-electron chi connectivity index (χ4n) is 1.03.